The fraction of sp³-hybridized carbons (Fsp3) is 0.304. The normalized spacial score (nSPS) is 11.4. The van der Waals surface area contributed by atoms with Crippen molar-refractivity contribution in [1.29, 1.82) is 0 Å². The van der Waals surface area contributed by atoms with Gasteiger partial charge in [-0.25, -0.2) is 4.79 Å². The van der Waals surface area contributed by atoms with Crippen molar-refractivity contribution in [3.05, 3.63) is 69.6 Å². The predicted octanol–water partition coefficient (Wildman–Crippen LogP) is 3.33. The summed E-state index contributed by atoms with van der Waals surface area (Å²) in [5.74, 6) is 1.02. The molecule has 3 heterocycles. The number of fused-ring (bicyclic) bond motifs is 1. The van der Waals surface area contributed by atoms with Gasteiger partial charge in [0.15, 0.2) is 11.2 Å². The van der Waals surface area contributed by atoms with Gasteiger partial charge in [-0.15, -0.1) is 0 Å². The van der Waals surface area contributed by atoms with E-state index in [0.717, 1.165) is 22.1 Å². The second-order valence-corrected chi connectivity index (χ2v) is 7.97. The number of benzene rings is 1. The van der Waals surface area contributed by atoms with Crippen LogP contribution in [-0.4, -0.2) is 23.7 Å². The highest BCUT2D eigenvalue weighted by Crippen LogP contribution is 2.27. The molecule has 0 bridgehead atoms. The zero-order chi connectivity index (χ0) is 22.1. The van der Waals surface area contributed by atoms with Gasteiger partial charge in [0, 0.05) is 33.0 Å². The third kappa shape index (κ3) is 3.88. The molecule has 0 aliphatic heterocycles. The summed E-state index contributed by atoms with van der Waals surface area (Å²) in [5.41, 5.74) is 1.92. The standard InChI is InChI=1S/C23H25N5O3/c1-15(2)11-13-28-19-20(26(3)23(30)27(4)21(19)29)25-22(28)31-18-9-7-16(8-10-18)17-6-5-12-24-14-17/h5-10,12,14-15H,11,13H2,1-4H3. The summed E-state index contributed by atoms with van der Waals surface area (Å²) >= 11 is 0. The molecule has 8 nitrogen and oxygen atoms in total. The first-order chi connectivity index (χ1) is 14.9. The van der Waals surface area contributed by atoms with E-state index in [1.54, 1.807) is 24.0 Å². The van der Waals surface area contributed by atoms with E-state index in [-0.39, 0.29) is 5.56 Å². The van der Waals surface area contributed by atoms with Gasteiger partial charge in [0.25, 0.3) is 5.56 Å². The lowest BCUT2D eigenvalue weighted by Gasteiger charge is -2.11. The fourth-order valence-corrected chi connectivity index (χ4v) is 3.45. The molecule has 0 fully saturated rings. The third-order valence-electron chi connectivity index (χ3n) is 5.30. The number of rotatable bonds is 6. The maximum absolute atomic E-state index is 12.9. The molecular formula is C23H25N5O3. The van der Waals surface area contributed by atoms with Crippen LogP contribution in [0.2, 0.25) is 0 Å². The lowest BCUT2D eigenvalue weighted by molar-refractivity contribution is 0.401. The molecule has 0 aliphatic carbocycles. The zero-order valence-corrected chi connectivity index (χ0v) is 18.1. The second kappa shape index (κ2) is 8.22. The number of nitrogens with zero attached hydrogens (tertiary/aromatic N) is 5. The van der Waals surface area contributed by atoms with Gasteiger partial charge in [0.2, 0.25) is 0 Å². The highest BCUT2D eigenvalue weighted by Gasteiger charge is 2.20. The lowest BCUT2D eigenvalue weighted by atomic mass is 10.1. The molecule has 0 N–H and O–H groups in total. The smallest absolute Gasteiger partial charge is 0.332 e. The summed E-state index contributed by atoms with van der Waals surface area (Å²) in [4.78, 5) is 33.9. The molecule has 0 saturated carbocycles. The molecule has 31 heavy (non-hydrogen) atoms. The van der Waals surface area contributed by atoms with Crippen LogP contribution in [0.25, 0.3) is 22.3 Å². The number of hydrogen-bond donors (Lipinski definition) is 0. The number of aryl methyl sites for hydroxylation is 2. The molecule has 0 unspecified atom stereocenters. The topological polar surface area (TPSA) is 83.9 Å². The summed E-state index contributed by atoms with van der Waals surface area (Å²) in [6.07, 6.45) is 4.38. The number of aromatic nitrogens is 5. The van der Waals surface area contributed by atoms with Crippen molar-refractivity contribution in [3.63, 3.8) is 0 Å². The zero-order valence-electron chi connectivity index (χ0n) is 18.1. The molecule has 3 aromatic heterocycles. The van der Waals surface area contributed by atoms with E-state index in [9.17, 15) is 9.59 Å². The van der Waals surface area contributed by atoms with Gasteiger partial charge in [-0.05, 0) is 41.7 Å². The molecule has 0 aliphatic rings. The average Bonchev–Trinajstić information content (AvgIpc) is 3.14. The largest absolute Gasteiger partial charge is 0.425 e. The van der Waals surface area contributed by atoms with Crippen LogP contribution in [0.1, 0.15) is 20.3 Å². The Labute approximate surface area is 179 Å². The van der Waals surface area contributed by atoms with E-state index < -0.39 is 5.69 Å². The van der Waals surface area contributed by atoms with Crippen molar-refractivity contribution in [1.82, 2.24) is 23.7 Å². The molecule has 4 aromatic rings. The average molecular weight is 419 g/mol. The first kappa shape index (κ1) is 20.6. The number of ether oxygens (including phenoxy) is 1. The van der Waals surface area contributed by atoms with Crippen molar-refractivity contribution in [2.45, 2.75) is 26.8 Å². The Hall–Kier alpha value is -3.68. The first-order valence-corrected chi connectivity index (χ1v) is 10.2. The molecule has 4 rings (SSSR count). The van der Waals surface area contributed by atoms with E-state index in [2.05, 4.69) is 23.8 Å². The van der Waals surface area contributed by atoms with E-state index in [1.165, 1.54) is 11.6 Å². The van der Waals surface area contributed by atoms with Gasteiger partial charge in [0.05, 0.1) is 0 Å². The fourth-order valence-electron chi connectivity index (χ4n) is 3.45. The van der Waals surface area contributed by atoms with Gasteiger partial charge in [-0.1, -0.05) is 32.0 Å². The molecule has 1 aromatic carbocycles. The minimum atomic E-state index is -0.418. The minimum Gasteiger partial charge on any atom is -0.425 e. The van der Waals surface area contributed by atoms with Crippen molar-refractivity contribution < 1.29 is 4.74 Å². The molecule has 8 heteroatoms. The Bertz CT molecular complexity index is 1330. The number of pyridine rings is 1. The minimum absolute atomic E-state index is 0.295. The molecule has 160 valence electrons. The van der Waals surface area contributed by atoms with Gasteiger partial charge in [0.1, 0.15) is 5.75 Å². The molecule has 0 spiro atoms. The van der Waals surface area contributed by atoms with Crippen molar-refractivity contribution >= 4 is 11.2 Å². The van der Waals surface area contributed by atoms with Crippen LogP contribution in [0.4, 0.5) is 0 Å². The highest BCUT2D eigenvalue weighted by molar-refractivity contribution is 5.72. The second-order valence-electron chi connectivity index (χ2n) is 7.97. The van der Waals surface area contributed by atoms with Crippen LogP contribution < -0.4 is 16.0 Å². The first-order valence-electron chi connectivity index (χ1n) is 10.2. The van der Waals surface area contributed by atoms with Gasteiger partial charge >= 0.3 is 11.7 Å². The molecule has 0 atom stereocenters. The monoisotopic (exact) mass is 419 g/mol. The van der Waals surface area contributed by atoms with Crippen LogP contribution in [0.5, 0.6) is 11.8 Å². The Morgan fingerprint density at radius 2 is 1.74 bits per heavy atom. The molecule has 0 saturated heterocycles. The summed E-state index contributed by atoms with van der Waals surface area (Å²) in [7, 11) is 3.08. The number of imidazole rings is 1. The van der Waals surface area contributed by atoms with E-state index in [0.29, 0.717) is 35.4 Å². The van der Waals surface area contributed by atoms with Crippen LogP contribution in [0, 0.1) is 5.92 Å². The Morgan fingerprint density at radius 1 is 1.00 bits per heavy atom. The Morgan fingerprint density at radius 3 is 2.39 bits per heavy atom. The highest BCUT2D eigenvalue weighted by atomic mass is 16.5. The van der Waals surface area contributed by atoms with Crippen LogP contribution in [0.3, 0.4) is 0 Å². The maximum Gasteiger partial charge on any atom is 0.332 e. The summed E-state index contributed by atoms with van der Waals surface area (Å²) in [6, 6.07) is 11.8. The van der Waals surface area contributed by atoms with Gasteiger partial charge in [-0.3, -0.25) is 23.5 Å². The van der Waals surface area contributed by atoms with E-state index >= 15 is 0 Å². The van der Waals surface area contributed by atoms with Gasteiger partial charge < -0.3 is 4.74 Å². The van der Waals surface area contributed by atoms with E-state index in [4.69, 9.17) is 4.74 Å². The SMILES string of the molecule is CC(C)CCn1c(Oc2ccc(-c3cccnc3)cc2)nc2c1c(=O)n(C)c(=O)n2C. The van der Waals surface area contributed by atoms with Gasteiger partial charge in [-0.2, -0.15) is 4.98 Å². The predicted molar refractivity (Wildman–Crippen MR) is 119 cm³/mol. The quantitative estimate of drug-likeness (QED) is 0.479. The number of hydrogen-bond acceptors (Lipinski definition) is 5. The maximum atomic E-state index is 12.9. The summed E-state index contributed by atoms with van der Waals surface area (Å²) in [5, 5.41) is 0. The molecular weight excluding hydrogens is 394 g/mol. The van der Waals surface area contributed by atoms with E-state index in [1.807, 2.05) is 36.4 Å². The summed E-state index contributed by atoms with van der Waals surface area (Å²) in [6.45, 7) is 4.79. The van der Waals surface area contributed by atoms with Crippen molar-refractivity contribution in [2.24, 2.45) is 20.0 Å². The Kier molecular flexibility index (Phi) is 5.46. The summed E-state index contributed by atoms with van der Waals surface area (Å²) < 4.78 is 10.3. The Balaban J connectivity index is 1.77. The lowest BCUT2D eigenvalue weighted by Crippen LogP contribution is -2.37. The van der Waals surface area contributed by atoms with Crippen molar-refractivity contribution in [3.8, 4) is 22.9 Å². The van der Waals surface area contributed by atoms with Crippen LogP contribution in [-0.2, 0) is 20.6 Å². The third-order valence-corrected chi connectivity index (χ3v) is 5.30. The van der Waals surface area contributed by atoms with Crippen molar-refractivity contribution in [2.75, 3.05) is 0 Å². The van der Waals surface area contributed by atoms with Crippen LogP contribution in [0.15, 0.2) is 58.4 Å². The molecule has 0 radical (unpaired) electrons. The molecule has 0 amide bonds. The van der Waals surface area contributed by atoms with Crippen LogP contribution >= 0.6 is 0 Å².